The summed E-state index contributed by atoms with van der Waals surface area (Å²) in [6, 6.07) is 5.06. The second-order valence-electron chi connectivity index (χ2n) is 6.70. The summed E-state index contributed by atoms with van der Waals surface area (Å²) in [5.41, 5.74) is -1.46. The normalized spacial score (nSPS) is 12.8. The molecule has 1 aromatic heterocycles. The van der Waals surface area contributed by atoms with Gasteiger partial charge in [0.05, 0.1) is 10.6 Å². The van der Waals surface area contributed by atoms with Gasteiger partial charge in [-0.15, -0.1) is 0 Å². The number of benzene rings is 1. The van der Waals surface area contributed by atoms with E-state index in [1.54, 1.807) is 18.5 Å². The van der Waals surface area contributed by atoms with Crippen LogP contribution in [0.1, 0.15) is 26.3 Å². The van der Waals surface area contributed by atoms with E-state index >= 15 is 0 Å². The molecule has 1 amide bonds. The molecular weight excluding hydrogens is 417 g/mol. The van der Waals surface area contributed by atoms with E-state index in [-0.39, 0.29) is 4.90 Å². The lowest BCUT2D eigenvalue weighted by Crippen LogP contribution is -2.30. The number of carbonyl (C=O) groups is 1. The maximum Gasteiger partial charge on any atom is 0.446 e. The van der Waals surface area contributed by atoms with Crippen LogP contribution < -0.4 is 0 Å². The van der Waals surface area contributed by atoms with Crippen molar-refractivity contribution in [1.82, 2.24) is 14.1 Å². The fraction of sp³-hybridized carbons (Fsp3) is 0.353. The number of hydrogen-bond acceptors (Lipinski definition) is 5. The lowest BCUT2D eigenvalue weighted by Gasteiger charge is -2.21. The van der Waals surface area contributed by atoms with Crippen LogP contribution in [0, 0.1) is 5.41 Å². The van der Waals surface area contributed by atoms with Crippen molar-refractivity contribution >= 4 is 35.5 Å². The highest BCUT2D eigenvalue weighted by Crippen LogP contribution is 2.37. The summed E-state index contributed by atoms with van der Waals surface area (Å²) < 4.78 is 41.4. The van der Waals surface area contributed by atoms with Crippen molar-refractivity contribution in [2.24, 2.45) is 10.6 Å². The summed E-state index contributed by atoms with van der Waals surface area (Å²) in [5, 5.41) is 7.54. The summed E-state index contributed by atoms with van der Waals surface area (Å²) >= 11 is 6.35. The van der Waals surface area contributed by atoms with Gasteiger partial charge in [-0.1, -0.05) is 37.5 Å². The molecule has 6 nitrogen and oxygen atoms in total. The molecule has 0 atom stereocenters. The molecule has 0 aliphatic carbocycles. The Morgan fingerprint density at radius 2 is 2.00 bits per heavy atom. The topological polar surface area (TPSA) is 59.7 Å². The minimum absolute atomic E-state index is 0.170. The van der Waals surface area contributed by atoms with Crippen LogP contribution >= 0.6 is 23.5 Å². The second kappa shape index (κ2) is 8.44. The first-order chi connectivity index (χ1) is 12.9. The third-order valence-electron chi connectivity index (χ3n) is 3.35. The van der Waals surface area contributed by atoms with Crippen molar-refractivity contribution in [3.63, 3.8) is 0 Å². The number of rotatable bonds is 3. The highest BCUT2D eigenvalue weighted by molar-refractivity contribution is 7.97. The number of aromatic nitrogens is 2. The van der Waals surface area contributed by atoms with Crippen LogP contribution in [0.5, 0.6) is 0 Å². The highest BCUT2D eigenvalue weighted by atomic mass is 35.5. The Labute approximate surface area is 169 Å². The fourth-order valence-corrected chi connectivity index (χ4v) is 2.98. The molecule has 0 unspecified atom stereocenters. The maximum absolute atomic E-state index is 13.0. The minimum atomic E-state index is -4.59. The van der Waals surface area contributed by atoms with Gasteiger partial charge in [-0.05, 0) is 36.2 Å². The van der Waals surface area contributed by atoms with Crippen LogP contribution in [-0.2, 0) is 11.0 Å². The molecule has 11 heteroatoms. The molecule has 0 fully saturated rings. The molecule has 2 aromatic rings. The Morgan fingerprint density at radius 1 is 1.32 bits per heavy atom. The third-order valence-corrected chi connectivity index (χ3v) is 4.56. The first-order valence-corrected chi connectivity index (χ1v) is 9.12. The number of nitrogens with zero attached hydrogens (tertiary/aromatic N) is 4. The molecule has 0 bridgehead atoms. The van der Waals surface area contributed by atoms with Gasteiger partial charge in [0.25, 0.3) is 0 Å². The molecule has 28 heavy (non-hydrogen) atoms. The van der Waals surface area contributed by atoms with Gasteiger partial charge in [0.2, 0.25) is 0 Å². The van der Waals surface area contributed by atoms with Crippen molar-refractivity contribution < 1.29 is 22.8 Å². The summed E-state index contributed by atoms with van der Waals surface area (Å²) in [7, 11) is 1.36. The van der Waals surface area contributed by atoms with Gasteiger partial charge >= 0.3 is 12.3 Å². The SMILES string of the molecule is CN(Sc1ccc(Cl)c(C(F)(F)F)c1)C(=O)ON=C(n1cccn1)C(C)(C)C. The number of halogens is 4. The van der Waals surface area contributed by atoms with E-state index in [2.05, 4.69) is 10.3 Å². The van der Waals surface area contributed by atoms with Gasteiger partial charge in [0.1, 0.15) is 0 Å². The average molecular weight is 435 g/mol. The minimum Gasteiger partial charge on any atom is -0.295 e. The molecule has 152 valence electrons. The van der Waals surface area contributed by atoms with Crippen LogP contribution in [-0.4, -0.2) is 33.1 Å². The molecule has 0 saturated heterocycles. The number of hydrogen-bond donors (Lipinski definition) is 0. The monoisotopic (exact) mass is 434 g/mol. The standard InChI is InChI=1S/C17H18ClF3N4O2S/c1-16(2,3)14(25-9-5-8-22-25)23-27-15(26)24(4)28-11-6-7-13(18)12(10-11)17(19,20)21/h5-10H,1-4H3. The zero-order chi connectivity index (χ0) is 21.1. The van der Waals surface area contributed by atoms with Crippen molar-refractivity contribution in [2.45, 2.75) is 31.8 Å². The van der Waals surface area contributed by atoms with Crippen LogP contribution in [0.2, 0.25) is 5.02 Å². The molecule has 0 N–H and O–H groups in total. The molecule has 0 aliphatic heterocycles. The van der Waals surface area contributed by atoms with Gasteiger partial charge in [0.15, 0.2) is 5.84 Å². The number of amides is 1. The number of carbonyl (C=O) groups excluding carboxylic acids is 1. The number of oxime groups is 1. The molecule has 0 radical (unpaired) electrons. The molecule has 0 spiro atoms. The van der Waals surface area contributed by atoms with Gasteiger partial charge in [-0.2, -0.15) is 18.3 Å². The van der Waals surface area contributed by atoms with Crippen LogP contribution in [0.25, 0.3) is 0 Å². The molecule has 0 saturated carbocycles. The fourth-order valence-electron chi connectivity index (χ4n) is 2.03. The zero-order valence-corrected chi connectivity index (χ0v) is 17.1. The van der Waals surface area contributed by atoms with Crippen LogP contribution in [0.15, 0.2) is 46.7 Å². The molecule has 1 heterocycles. The first kappa shape index (κ1) is 22.1. The molecule has 0 aliphatic rings. The van der Waals surface area contributed by atoms with Crippen molar-refractivity contribution in [3.8, 4) is 0 Å². The van der Waals surface area contributed by atoms with Crippen molar-refractivity contribution in [2.75, 3.05) is 7.05 Å². The van der Waals surface area contributed by atoms with Gasteiger partial charge in [-0.25, -0.2) is 13.8 Å². The maximum atomic E-state index is 13.0. The molecule has 2 rings (SSSR count). The van der Waals surface area contributed by atoms with Crippen molar-refractivity contribution in [3.05, 3.63) is 47.2 Å². The first-order valence-electron chi connectivity index (χ1n) is 7.97. The predicted octanol–water partition coefficient (Wildman–Crippen LogP) is 5.54. The largest absolute Gasteiger partial charge is 0.446 e. The van der Waals surface area contributed by atoms with Gasteiger partial charge in [0, 0.05) is 29.8 Å². The zero-order valence-electron chi connectivity index (χ0n) is 15.5. The molecular formula is C17H18ClF3N4O2S. The lowest BCUT2D eigenvalue weighted by molar-refractivity contribution is -0.137. The smallest absolute Gasteiger partial charge is 0.295 e. The van der Waals surface area contributed by atoms with E-state index in [4.69, 9.17) is 16.4 Å². The second-order valence-corrected chi connectivity index (χ2v) is 8.31. The van der Waals surface area contributed by atoms with Crippen LogP contribution in [0.4, 0.5) is 18.0 Å². The van der Waals surface area contributed by atoms with E-state index in [1.165, 1.54) is 17.8 Å². The van der Waals surface area contributed by atoms with Crippen molar-refractivity contribution in [1.29, 1.82) is 0 Å². The van der Waals surface area contributed by atoms with Gasteiger partial charge in [-0.3, -0.25) is 4.84 Å². The van der Waals surface area contributed by atoms with E-state index in [0.29, 0.717) is 5.84 Å². The van der Waals surface area contributed by atoms with E-state index in [1.807, 2.05) is 20.8 Å². The van der Waals surface area contributed by atoms with E-state index < -0.39 is 28.3 Å². The third kappa shape index (κ3) is 5.65. The van der Waals surface area contributed by atoms with Gasteiger partial charge < -0.3 is 0 Å². The summed E-state index contributed by atoms with van der Waals surface area (Å²) in [4.78, 5) is 17.3. The number of alkyl halides is 3. The summed E-state index contributed by atoms with van der Waals surface area (Å²) in [6.07, 6.45) is -2.24. The Kier molecular flexibility index (Phi) is 6.66. The lowest BCUT2D eigenvalue weighted by atomic mass is 9.95. The van der Waals surface area contributed by atoms with Crippen LogP contribution in [0.3, 0.4) is 0 Å². The Morgan fingerprint density at radius 3 is 2.54 bits per heavy atom. The Bertz CT molecular complexity index is 864. The highest BCUT2D eigenvalue weighted by Gasteiger charge is 2.33. The average Bonchev–Trinajstić information content (AvgIpc) is 3.08. The Hall–Kier alpha value is -2.20. The quantitative estimate of drug-likeness (QED) is 0.209. The Balaban J connectivity index is 2.13. The van der Waals surface area contributed by atoms with E-state index in [9.17, 15) is 18.0 Å². The summed E-state index contributed by atoms with van der Waals surface area (Å²) in [5.74, 6) is 0.384. The predicted molar refractivity (Wildman–Crippen MR) is 101 cm³/mol. The summed E-state index contributed by atoms with van der Waals surface area (Å²) in [6.45, 7) is 5.60. The van der Waals surface area contributed by atoms with E-state index in [0.717, 1.165) is 28.4 Å². The molecule has 1 aromatic carbocycles.